The number of carbonyl (C=O) groups excluding carboxylic acids is 3. The molecule has 0 radical (unpaired) electrons. The predicted octanol–water partition coefficient (Wildman–Crippen LogP) is 6.07. The van der Waals surface area contributed by atoms with Crippen molar-refractivity contribution in [2.75, 3.05) is 21.7 Å². The van der Waals surface area contributed by atoms with Crippen molar-refractivity contribution in [2.24, 2.45) is 0 Å². The zero-order valence-corrected chi connectivity index (χ0v) is 23.4. The number of hydrogen-bond acceptors (Lipinski definition) is 5. The second-order valence-corrected chi connectivity index (χ2v) is 9.87. The van der Waals surface area contributed by atoms with Gasteiger partial charge in [-0.3, -0.25) is 24.2 Å². The number of anilines is 3. The Morgan fingerprint density at radius 1 is 0.780 bits per heavy atom. The fourth-order valence-corrected chi connectivity index (χ4v) is 4.74. The van der Waals surface area contributed by atoms with E-state index in [1.54, 1.807) is 72.8 Å². The molecular weight excluding hydrogens is 534 g/mol. The molecule has 204 valence electrons. The third-order valence-electron chi connectivity index (χ3n) is 6.61. The van der Waals surface area contributed by atoms with Gasteiger partial charge in [-0.15, -0.1) is 0 Å². The topological polar surface area (TPSA) is 79.0 Å². The van der Waals surface area contributed by atoms with Crippen LogP contribution in [-0.2, 0) is 14.4 Å². The lowest BCUT2D eigenvalue weighted by Gasteiger charge is -2.36. The van der Waals surface area contributed by atoms with E-state index in [0.717, 1.165) is 11.1 Å². The molecule has 3 amide bonds. The molecule has 7 nitrogen and oxygen atoms in total. The Balaban J connectivity index is 1.40. The van der Waals surface area contributed by atoms with Crippen molar-refractivity contribution in [3.63, 3.8) is 0 Å². The van der Waals surface area contributed by atoms with E-state index in [4.69, 9.17) is 17.0 Å². The van der Waals surface area contributed by atoms with Gasteiger partial charge in [-0.2, -0.15) is 0 Å². The van der Waals surface area contributed by atoms with E-state index in [-0.39, 0.29) is 23.2 Å². The minimum Gasteiger partial charge on any atom is -0.484 e. The van der Waals surface area contributed by atoms with Gasteiger partial charge in [0.2, 0.25) is 0 Å². The molecule has 1 heterocycles. The van der Waals surface area contributed by atoms with Gasteiger partial charge in [-0.1, -0.05) is 54.6 Å². The molecule has 8 heteroatoms. The number of nitrogens with zero attached hydrogens (tertiary/aromatic N) is 2. The number of benzene rings is 4. The van der Waals surface area contributed by atoms with Gasteiger partial charge in [-0.05, 0) is 97.4 Å². The van der Waals surface area contributed by atoms with Crippen LogP contribution in [0.15, 0.2) is 109 Å². The molecule has 1 fully saturated rings. The summed E-state index contributed by atoms with van der Waals surface area (Å²) >= 11 is 5.65. The van der Waals surface area contributed by atoms with Crippen LogP contribution in [0.5, 0.6) is 5.75 Å². The van der Waals surface area contributed by atoms with E-state index in [0.29, 0.717) is 28.4 Å². The van der Waals surface area contributed by atoms with Gasteiger partial charge >= 0.3 is 0 Å². The van der Waals surface area contributed by atoms with Gasteiger partial charge in [0.15, 0.2) is 11.7 Å². The fraction of sp³-hybridized carbons (Fsp3) is 0.0909. The lowest BCUT2D eigenvalue weighted by molar-refractivity contribution is -0.121. The number of ether oxygens (including phenoxy) is 1. The van der Waals surface area contributed by atoms with E-state index < -0.39 is 11.8 Å². The van der Waals surface area contributed by atoms with Crippen molar-refractivity contribution >= 4 is 58.2 Å². The van der Waals surface area contributed by atoms with Crippen molar-refractivity contribution in [3.8, 4) is 5.75 Å². The SMILES string of the molecule is Cc1ccc(NC(=O)COc2cccc(C=C3C(=O)N(c4ccccc4)C(=S)N(c4ccccc4)C3=O)c2)cc1C. The van der Waals surface area contributed by atoms with Gasteiger partial charge < -0.3 is 10.1 Å². The molecule has 0 aromatic heterocycles. The molecule has 1 saturated heterocycles. The first-order valence-corrected chi connectivity index (χ1v) is 13.4. The maximum atomic E-state index is 13.7. The summed E-state index contributed by atoms with van der Waals surface area (Å²) in [6.45, 7) is 3.78. The van der Waals surface area contributed by atoms with Gasteiger partial charge in [0, 0.05) is 5.69 Å². The monoisotopic (exact) mass is 561 g/mol. The first kappa shape index (κ1) is 27.5. The minimum atomic E-state index is -0.530. The van der Waals surface area contributed by atoms with Crippen LogP contribution >= 0.6 is 12.2 Å². The standard InChI is InChI=1S/C33H27N3O4S/c1-22-16-17-25(18-23(22)2)34-30(37)21-40-28-15-9-10-24(19-28)20-29-31(38)35(26-11-5-3-6-12-26)33(41)36(32(29)39)27-13-7-4-8-14-27/h3-20H,21H2,1-2H3,(H,34,37). The number of carbonyl (C=O) groups is 3. The van der Waals surface area contributed by atoms with Gasteiger partial charge in [0.25, 0.3) is 17.7 Å². The normalized spacial score (nSPS) is 13.3. The van der Waals surface area contributed by atoms with E-state index >= 15 is 0 Å². The van der Waals surface area contributed by atoms with Crippen LogP contribution < -0.4 is 19.9 Å². The summed E-state index contributed by atoms with van der Waals surface area (Å²) in [7, 11) is 0. The molecule has 0 unspecified atom stereocenters. The molecule has 5 rings (SSSR count). The van der Waals surface area contributed by atoms with Crippen molar-refractivity contribution in [2.45, 2.75) is 13.8 Å². The Morgan fingerprint density at radius 3 is 1.98 bits per heavy atom. The third kappa shape index (κ3) is 6.08. The molecule has 0 bridgehead atoms. The molecule has 4 aromatic carbocycles. The molecule has 0 saturated carbocycles. The highest BCUT2D eigenvalue weighted by atomic mass is 32.1. The highest BCUT2D eigenvalue weighted by Crippen LogP contribution is 2.30. The lowest BCUT2D eigenvalue weighted by Crippen LogP contribution is -2.56. The summed E-state index contributed by atoms with van der Waals surface area (Å²) in [4.78, 5) is 42.6. The number of aryl methyl sites for hydroxylation is 2. The summed E-state index contributed by atoms with van der Waals surface area (Å²) in [5.41, 5.74) is 4.51. The van der Waals surface area contributed by atoms with Crippen LogP contribution in [-0.4, -0.2) is 29.4 Å². The Hall–Kier alpha value is -5.08. The molecule has 0 spiro atoms. The van der Waals surface area contributed by atoms with Gasteiger partial charge in [0.1, 0.15) is 11.3 Å². The van der Waals surface area contributed by atoms with Crippen molar-refractivity contribution in [1.82, 2.24) is 0 Å². The summed E-state index contributed by atoms with van der Waals surface area (Å²) in [5, 5.41) is 2.90. The zero-order chi connectivity index (χ0) is 28.9. The number of para-hydroxylation sites is 2. The van der Waals surface area contributed by atoms with Crippen LogP contribution in [0.4, 0.5) is 17.1 Å². The Bertz CT molecular complexity index is 1610. The minimum absolute atomic E-state index is 0.0593. The van der Waals surface area contributed by atoms with Gasteiger partial charge in [-0.25, -0.2) is 0 Å². The van der Waals surface area contributed by atoms with Crippen LogP contribution in [0.3, 0.4) is 0 Å². The molecule has 0 atom stereocenters. The van der Waals surface area contributed by atoms with Crippen molar-refractivity contribution < 1.29 is 19.1 Å². The molecule has 4 aromatic rings. The predicted molar refractivity (Wildman–Crippen MR) is 165 cm³/mol. The number of amides is 3. The Labute approximate surface area is 243 Å². The van der Waals surface area contributed by atoms with E-state index in [1.807, 2.05) is 44.2 Å². The maximum Gasteiger partial charge on any atom is 0.270 e. The number of hydrogen-bond donors (Lipinski definition) is 1. The first-order chi connectivity index (χ1) is 19.8. The van der Waals surface area contributed by atoms with Crippen LogP contribution in [0.1, 0.15) is 16.7 Å². The average molecular weight is 562 g/mol. The fourth-order valence-electron chi connectivity index (χ4n) is 4.37. The third-order valence-corrected chi connectivity index (χ3v) is 6.97. The van der Waals surface area contributed by atoms with E-state index in [9.17, 15) is 14.4 Å². The number of thiocarbonyl (C=S) groups is 1. The van der Waals surface area contributed by atoms with Gasteiger partial charge in [0.05, 0.1) is 11.4 Å². The quantitative estimate of drug-likeness (QED) is 0.168. The molecule has 1 N–H and O–H groups in total. The highest BCUT2D eigenvalue weighted by Gasteiger charge is 2.41. The summed E-state index contributed by atoms with van der Waals surface area (Å²) in [5.74, 6) is -0.948. The largest absolute Gasteiger partial charge is 0.484 e. The average Bonchev–Trinajstić information content (AvgIpc) is 2.98. The Kier molecular flexibility index (Phi) is 8.03. The van der Waals surface area contributed by atoms with Crippen molar-refractivity contribution in [3.05, 3.63) is 125 Å². The summed E-state index contributed by atoms with van der Waals surface area (Å²) in [6, 6.07) is 30.5. The molecule has 41 heavy (non-hydrogen) atoms. The Morgan fingerprint density at radius 2 is 1.39 bits per heavy atom. The molecule has 1 aliphatic rings. The summed E-state index contributed by atoms with van der Waals surface area (Å²) in [6.07, 6.45) is 1.51. The number of nitrogens with one attached hydrogen (secondary N) is 1. The number of rotatable bonds is 7. The second kappa shape index (κ2) is 12.0. The van der Waals surface area contributed by atoms with E-state index in [1.165, 1.54) is 15.9 Å². The van der Waals surface area contributed by atoms with Crippen molar-refractivity contribution in [1.29, 1.82) is 0 Å². The zero-order valence-electron chi connectivity index (χ0n) is 22.5. The second-order valence-electron chi connectivity index (χ2n) is 9.50. The maximum absolute atomic E-state index is 13.7. The first-order valence-electron chi connectivity index (χ1n) is 13.0. The molecular formula is C33H27N3O4S. The lowest BCUT2D eigenvalue weighted by atomic mass is 10.0. The summed E-state index contributed by atoms with van der Waals surface area (Å²) < 4.78 is 5.72. The van der Waals surface area contributed by atoms with Crippen LogP contribution in [0, 0.1) is 13.8 Å². The van der Waals surface area contributed by atoms with E-state index in [2.05, 4.69) is 5.32 Å². The van der Waals surface area contributed by atoms with Crippen LogP contribution in [0.2, 0.25) is 0 Å². The van der Waals surface area contributed by atoms with Crippen LogP contribution in [0.25, 0.3) is 6.08 Å². The smallest absolute Gasteiger partial charge is 0.270 e. The molecule has 1 aliphatic heterocycles. The highest BCUT2D eigenvalue weighted by molar-refractivity contribution is 7.81. The molecule has 0 aliphatic carbocycles.